The molecule has 2 aromatic rings. The predicted molar refractivity (Wildman–Crippen MR) is 99.7 cm³/mol. The van der Waals surface area contributed by atoms with E-state index in [1.807, 2.05) is 31.2 Å². The Hall–Kier alpha value is -2.69. The van der Waals surface area contributed by atoms with Crippen molar-refractivity contribution in [1.29, 1.82) is 0 Å². The monoisotopic (exact) mass is 356 g/mol. The van der Waals surface area contributed by atoms with Crippen LogP contribution < -0.4 is 5.32 Å². The van der Waals surface area contributed by atoms with Crippen molar-refractivity contribution in [1.82, 2.24) is 10.2 Å². The van der Waals surface area contributed by atoms with Gasteiger partial charge in [-0.2, -0.15) is 0 Å². The highest BCUT2D eigenvalue weighted by Gasteiger charge is 2.24. The van der Waals surface area contributed by atoms with Gasteiger partial charge in [-0.1, -0.05) is 48.9 Å². The normalized spacial score (nSPS) is 11.7. The van der Waals surface area contributed by atoms with Gasteiger partial charge in [0.25, 0.3) is 0 Å². The minimum atomic E-state index is -0.613. The fraction of sp³-hybridized carbons (Fsp3) is 0.333. The molecule has 1 unspecified atom stereocenters. The van der Waals surface area contributed by atoms with Gasteiger partial charge in [0.2, 0.25) is 11.8 Å². The molecule has 0 fully saturated rings. The van der Waals surface area contributed by atoms with Crippen LogP contribution in [0.15, 0.2) is 48.5 Å². The van der Waals surface area contributed by atoms with Crippen molar-refractivity contribution in [2.75, 3.05) is 0 Å². The maximum absolute atomic E-state index is 13.1. The van der Waals surface area contributed by atoms with Crippen LogP contribution in [0, 0.1) is 12.7 Å². The van der Waals surface area contributed by atoms with Crippen molar-refractivity contribution < 1.29 is 14.0 Å². The van der Waals surface area contributed by atoms with Gasteiger partial charge in [0, 0.05) is 19.5 Å². The smallest absolute Gasteiger partial charge is 0.242 e. The van der Waals surface area contributed by atoms with Crippen LogP contribution >= 0.6 is 0 Å². The summed E-state index contributed by atoms with van der Waals surface area (Å²) >= 11 is 0. The minimum absolute atomic E-state index is 0.118. The number of hydrogen-bond acceptors (Lipinski definition) is 2. The molecule has 0 heterocycles. The van der Waals surface area contributed by atoms with Gasteiger partial charge >= 0.3 is 0 Å². The van der Waals surface area contributed by atoms with Gasteiger partial charge in [0.15, 0.2) is 0 Å². The second-order valence-corrected chi connectivity index (χ2v) is 6.38. The van der Waals surface area contributed by atoms with E-state index in [1.165, 1.54) is 17.0 Å². The standard InChI is InChI=1S/C21H25FN2O2/c1-4-20(25)24(14-18-9-11-19(22)12-10-18)16(3)21(26)23-13-17-7-5-15(2)6-8-17/h5-12,16H,4,13-14H2,1-3H3,(H,23,26). The predicted octanol–water partition coefficient (Wildman–Crippen LogP) is 3.58. The highest BCUT2D eigenvalue weighted by atomic mass is 19.1. The highest BCUT2D eigenvalue weighted by molar-refractivity contribution is 5.87. The lowest BCUT2D eigenvalue weighted by Crippen LogP contribution is -2.47. The molecule has 0 aliphatic heterocycles. The second kappa shape index (κ2) is 9.13. The molecule has 2 amide bonds. The van der Waals surface area contributed by atoms with Crippen molar-refractivity contribution in [3.63, 3.8) is 0 Å². The number of carbonyl (C=O) groups is 2. The number of nitrogens with one attached hydrogen (secondary N) is 1. The summed E-state index contributed by atoms with van der Waals surface area (Å²) in [7, 11) is 0. The third-order valence-corrected chi connectivity index (χ3v) is 4.32. The van der Waals surface area contributed by atoms with E-state index in [-0.39, 0.29) is 24.2 Å². The summed E-state index contributed by atoms with van der Waals surface area (Å²) in [4.78, 5) is 26.4. The zero-order valence-corrected chi connectivity index (χ0v) is 15.5. The van der Waals surface area contributed by atoms with Crippen LogP contribution in [0.4, 0.5) is 4.39 Å². The molecule has 1 N–H and O–H groups in total. The molecule has 138 valence electrons. The fourth-order valence-corrected chi connectivity index (χ4v) is 2.62. The summed E-state index contributed by atoms with van der Waals surface area (Å²) in [6, 6.07) is 13.3. The van der Waals surface area contributed by atoms with Gasteiger partial charge < -0.3 is 10.2 Å². The Morgan fingerprint density at radius 1 is 1.04 bits per heavy atom. The van der Waals surface area contributed by atoms with Crippen LogP contribution in [0.2, 0.25) is 0 Å². The second-order valence-electron chi connectivity index (χ2n) is 6.38. The van der Waals surface area contributed by atoms with Gasteiger partial charge in [0.05, 0.1) is 0 Å². The minimum Gasteiger partial charge on any atom is -0.350 e. The Morgan fingerprint density at radius 2 is 1.62 bits per heavy atom. The molecule has 26 heavy (non-hydrogen) atoms. The number of benzene rings is 2. The average molecular weight is 356 g/mol. The summed E-state index contributed by atoms with van der Waals surface area (Å²) in [5.74, 6) is -0.659. The van der Waals surface area contributed by atoms with Crippen molar-refractivity contribution in [3.8, 4) is 0 Å². The average Bonchev–Trinajstić information content (AvgIpc) is 2.65. The number of carbonyl (C=O) groups excluding carboxylic acids is 2. The van der Waals surface area contributed by atoms with Crippen molar-refractivity contribution in [3.05, 3.63) is 71.0 Å². The first-order chi connectivity index (χ1) is 12.4. The number of amides is 2. The lowest BCUT2D eigenvalue weighted by atomic mass is 10.1. The van der Waals surface area contributed by atoms with Crippen LogP contribution in [0.3, 0.4) is 0 Å². The number of hydrogen-bond donors (Lipinski definition) is 1. The lowest BCUT2D eigenvalue weighted by molar-refractivity contribution is -0.140. The van der Waals surface area contributed by atoms with Crippen LogP contribution in [-0.2, 0) is 22.7 Å². The maximum Gasteiger partial charge on any atom is 0.242 e. The molecule has 2 aromatic carbocycles. The van der Waals surface area contributed by atoms with Gasteiger partial charge in [0.1, 0.15) is 11.9 Å². The van der Waals surface area contributed by atoms with Crippen molar-refractivity contribution in [2.45, 2.75) is 46.3 Å². The van der Waals surface area contributed by atoms with Crippen molar-refractivity contribution in [2.24, 2.45) is 0 Å². The molecule has 0 aliphatic rings. The van der Waals surface area contributed by atoms with Crippen LogP contribution in [0.25, 0.3) is 0 Å². The van der Waals surface area contributed by atoms with Gasteiger partial charge in [-0.15, -0.1) is 0 Å². The Labute approximate surface area is 154 Å². The first kappa shape index (κ1) is 19.6. The molecular formula is C21H25FN2O2. The van der Waals surface area contributed by atoms with Gasteiger partial charge in [-0.3, -0.25) is 9.59 Å². The molecule has 2 rings (SSSR count). The van der Waals surface area contributed by atoms with Crippen molar-refractivity contribution >= 4 is 11.8 Å². The van der Waals surface area contributed by atoms with Crippen LogP contribution in [-0.4, -0.2) is 22.8 Å². The Morgan fingerprint density at radius 3 is 2.19 bits per heavy atom. The Bertz CT molecular complexity index is 742. The molecule has 0 aromatic heterocycles. The van der Waals surface area contributed by atoms with E-state index in [4.69, 9.17) is 0 Å². The molecule has 0 saturated carbocycles. The summed E-state index contributed by atoms with van der Waals surface area (Å²) < 4.78 is 13.1. The summed E-state index contributed by atoms with van der Waals surface area (Å²) in [6.07, 6.45) is 0.302. The van der Waals surface area contributed by atoms with Gasteiger partial charge in [-0.05, 0) is 37.1 Å². The zero-order chi connectivity index (χ0) is 19.1. The molecule has 4 nitrogen and oxygen atoms in total. The molecular weight excluding hydrogens is 331 g/mol. The molecule has 0 saturated heterocycles. The third-order valence-electron chi connectivity index (χ3n) is 4.32. The van der Waals surface area contributed by atoms with Crippen LogP contribution in [0.5, 0.6) is 0 Å². The number of aryl methyl sites for hydroxylation is 1. The van der Waals surface area contributed by atoms with E-state index in [0.717, 1.165) is 16.7 Å². The molecule has 0 bridgehead atoms. The Kier molecular flexibility index (Phi) is 6.89. The number of nitrogens with zero attached hydrogens (tertiary/aromatic N) is 1. The molecule has 1 atom stereocenters. The molecule has 0 spiro atoms. The van der Waals surface area contributed by atoms with Crippen LogP contribution in [0.1, 0.15) is 37.0 Å². The highest BCUT2D eigenvalue weighted by Crippen LogP contribution is 2.12. The SMILES string of the molecule is CCC(=O)N(Cc1ccc(F)cc1)C(C)C(=O)NCc1ccc(C)cc1. The Balaban J connectivity index is 2.03. The van der Waals surface area contributed by atoms with Gasteiger partial charge in [-0.25, -0.2) is 4.39 Å². The lowest BCUT2D eigenvalue weighted by Gasteiger charge is -2.28. The fourth-order valence-electron chi connectivity index (χ4n) is 2.62. The summed E-state index contributed by atoms with van der Waals surface area (Å²) in [5, 5.41) is 2.88. The molecule has 0 radical (unpaired) electrons. The first-order valence-corrected chi connectivity index (χ1v) is 8.78. The topological polar surface area (TPSA) is 49.4 Å². The number of halogens is 1. The maximum atomic E-state index is 13.1. The first-order valence-electron chi connectivity index (χ1n) is 8.78. The molecule has 0 aliphatic carbocycles. The van der Waals surface area contributed by atoms with E-state index in [2.05, 4.69) is 5.32 Å². The van der Waals surface area contributed by atoms with E-state index < -0.39 is 6.04 Å². The molecule has 5 heteroatoms. The van der Waals surface area contributed by atoms with E-state index in [1.54, 1.807) is 26.0 Å². The van der Waals surface area contributed by atoms with E-state index in [9.17, 15) is 14.0 Å². The summed E-state index contributed by atoms with van der Waals surface area (Å²) in [5.41, 5.74) is 2.95. The third kappa shape index (κ3) is 5.41. The quantitative estimate of drug-likeness (QED) is 0.824. The van der Waals surface area contributed by atoms with E-state index in [0.29, 0.717) is 13.0 Å². The number of rotatable bonds is 7. The largest absolute Gasteiger partial charge is 0.350 e. The zero-order valence-electron chi connectivity index (χ0n) is 15.5. The van der Waals surface area contributed by atoms with E-state index >= 15 is 0 Å². The summed E-state index contributed by atoms with van der Waals surface area (Å²) in [6.45, 7) is 6.16.